The van der Waals surface area contributed by atoms with Gasteiger partial charge in [0, 0.05) is 12.6 Å². The molecule has 0 amide bonds. The first-order valence-corrected chi connectivity index (χ1v) is 9.53. The molecule has 3 atom stereocenters. The lowest BCUT2D eigenvalue weighted by atomic mass is 10.2. The molecule has 0 saturated carbocycles. The summed E-state index contributed by atoms with van der Waals surface area (Å²) in [6.45, 7) is 3.15. The highest BCUT2D eigenvalue weighted by Crippen LogP contribution is 2.30. The van der Waals surface area contributed by atoms with E-state index in [0.29, 0.717) is 0 Å². The third-order valence-corrected chi connectivity index (χ3v) is 4.18. The normalized spacial score (nSPS) is 24.1. The van der Waals surface area contributed by atoms with Crippen molar-refractivity contribution < 1.29 is 27.2 Å². The number of ether oxygens (including phenoxy) is 2. The maximum absolute atomic E-state index is 12.1. The van der Waals surface area contributed by atoms with E-state index in [9.17, 15) is 23.1 Å². The Bertz CT molecular complexity index is 813. The summed E-state index contributed by atoms with van der Waals surface area (Å²) < 4.78 is 39.6. The van der Waals surface area contributed by atoms with Crippen LogP contribution in [0.4, 0.5) is 0 Å². The fraction of sp³-hybridized carbons (Fsp3) is 0.714. The largest absolute Gasteiger partial charge is 0.394 e. The molecule has 1 aromatic heterocycles. The molecular formula is C14H22N2O8S. The lowest BCUT2D eigenvalue weighted by molar-refractivity contribution is -0.0416. The van der Waals surface area contributed by atoms with Gasteiger partial charge in [0.15, 0.2) is 0 Å². The second-order valence-corrected chi connectivity index (χ2v) is 7.67. The zero-order valence-corrected chi connectivity index (χ0v) is 15.0. The molecule has 1 saturated heterocycles. The van der Waals surface area contributed by atoms with E-state index in [1.807, 2.05) is 13.8 Å². The van der Waals surface area contributed by atoms with Crippen molar-refractivity contribution in [3.63, 3.8) is 0 Å². The van der Waals surface area contributed by atoms with Gasteiger partial charge >= 0.3 is 5.69 Å². The van der Waals surface area contributed by atoms with Gasteiger partial charge in [-0.2, -0.15) is 8.42 Å². The molecule has 1 fully saturated rings. The van der Waals surface area contributed by atoms with Gasteiger partial charge in [-0.3, -0.25) is 18.5 Å². The lowest BCUT2D eigenvalue weighted by Crippen LogP contribution is -2.34. The van der Waals surface area contributed by atoms with Crippen LogP contribution in [0.2, 0.25) is 0 Å². The molecule has 25 heavy (non-hydrogen) atoms. The number of nitrogens with zero attached hydrogens (tertiary/aromatic N) is 1. The third kappa shape index (κ3) is 5.22. The number of H-pyrrole nitrogens is 1. The Labute approximate surface area is 144 Å². The summed E-state index contributed by atoms with van der Waals surface area (Å²) in [7, 11) is -3.76. The van der Waals surface area contributed by atoms with Gasteiger partial charge in [0.1, 0.15) is 18.4 Å². The van der Waals surface area contributed by atoms with E-state index in [1.165, 1.54) is 6.20 Å². The Morgan fingerprint density at radius 3 is 2.68 bits per heavy atom. The topological polar surface area (TPSA) is 137 Å². The fourth-order valence-corrected chi connectivity index (χ4v) is 3.11. The quantitative estimate of drug-likeness (QED) is 0.582. The molecule has 11 heteroatoms. The van der Waals surface area contributed by atoms with Gasteiger partial charge in [-0.15, -0.1) is 0 Å². The van der Waals surface area contributed by atoms with Gasteiger partial charge in [0.2, 0.25) is 0 Å². The van der Waals surface area contributed by atoms with Crippen molar-refractivity contribution in [1.29, 1.82) is 0 Å². The van der Waals surface area contributed by atoms with Crippen molar-refractivity contribution in [2.45, 2.75) is 51.4 Å². The van der Waals surface area contributed by atoms with E-state index in [2.05, 4.69) is 4.98 Å². The highest BCUT2D eigenvalue weighted by molar-refractivity contribution is 7.86. The van der Waals surface area contributed by atoms with E-state index in [0.717, 1.165) is 10.8 Å². The zero-order chi connectivity index (χ0) is 18.8. The van der Waals surface area contributed by atoms with Crippen molar-refractivity contribution in [2.24, 2.45) is 0 Å². The number of nitrogens with one attached hydrogen (secondary N) is 1. The molecule has 0 unspecified atom stereocenters. The highest BCUT2D eigenvalue weighted by atomic mass is 32.2. The molecule has 1 aliphatic rings. The maximum atomic E-state index is 12.1. The van der Waals surface area contributed by atoms with Crippen LogP contribution in [-0.2, 0) is 30.4 Å². The first kappa shape index (κ1) is 19.8. The van der Waals surface area contributed by atoms with Crippen LogP contribution in [-0.4, -0.2) is 54.2 Å². The van der Waals surface area contributed by atoms with Gasteiger partial charge in [-0.1, -0.05) is 0 Å². The van der Waals surface area contributed by atoms with E-state index >= 15 is 0 Å². The molecule has 1 aliphatic heterocycles. The molecule has 0 aliphatic carbocycles. The monoisotopic (exact) mass is 378 g/mol. The first-order chi connectivity index (χ1) is 11.6. The Morgan fingerprint density at radius 1 is 1.44 bits per heavy atom. The molecule has 0 radical (unpaired) electrons. The molecule has 2 N–H and O–H groups in total. The van der Waals surface area contributed by atoms with Crippen LogP contribution in [0.3, 0.4) is 0 Å². The standard InChI is InChI=1S/C14H22N2O8S/c1-8(2)22-7-9-5-16(14(19)15-13(9)18)12-4-10(11(6-17)23-12)24-25(3,20)21/h5,8,10-12,17H,4,6-7H2,1-3H3,(H,15,18,19)/t10-,11+,12-/m0/s1. The summed E-state index contributed by atoms with van der Waals surface area (Å²) in [6, 6.07) is 0. The lowest BCUT2D eigenvalue weighted by Gasteiger charge is -2.16. The third-order valence-electron chi connectivity index (χ3n) is 3.58. The van der Waals surface area contributed by atoms with Crippen LogP contribution in [0.5, 0.6) is 0 Å². The number of rotatable bonds is 7. The predicted molar refractivity (Wildman–Crippen MR) is 86.6 cm³/mol. The number of aromatic nitrogens is 2. The number of aliphatic hydroxyl groups excluding tert-OH is 1. The van der Waals surface area contributed by atoms with E-state index in [1.54, 1.807) is 0 Å². The Balaban J connectivity index is 2.27. The summed E-state index contributed by atoms with van der Waals surface area (Å²) in [6.07, 6.45) is -0.601. The molecule has 2 rings (SSSR count). The minimum Gasteiger partial charge on any atom is -0.394 e. The Kier molecular flexibility index (Phi) is 6.16. The van der Waals surface area contributed by atoms with E-state index in [-0.39, 0.29) is 24.7 Å². The minimum absolute atomic E-state index is 0.00664. The number of aromatic amines is 1. The van der Waals surface area contributed by atoms with Crippen molar-refractivity contribution >= 4 is 10.1 Å². The van der Waals surface area contributed by atoms with Crippen LogP contribution >= 0.6 is 0 Å². The SMILES string of the molecule is CC(C)OCc1cn([C@@H]2C[C@H](OS(C)(=O)=O)[C@@H](CO)O2)c(=O)[nH]c1=O. The maximum Gasteiger partial charge on any atom is 0.330 e. The van der Waals surface area contributed by atoms with Crippen LogP contribution in [0.25, 0.3) is 0 Å². The second-order valence-electron chi connectivity index (χ2n) is 6.07. The van der Waals surface area contributed by atoms with Gasteiger partial charge in [0.25, 0.3) is 15.7 Å². The Morgan fingerprint density at radius 2 is 2.12 bits per heavy atom. The summed E-state index contributed by atoms with van der Waals surface area (Å²) in [5, 5.41) is 9.35. The van der Waals surface area contributed by atoms with Crippen molar-refractivity contribution in [1.82, 2.24) is 9.55 Å². The average Bonchev–Trinajstić information content (AvgIpc) is 2.86. The first-order valence-electron chi connectivity index (χ1n) is 7.71. The molecule has 142 valence electrons. The van der Waals surface area contributed by atoms with Crippen molar-refractivity contribution in [2.75, 3.05) is 12.9 Å². The van der Waals surface area contributed by atoms with Crippen LogP contribution < -0.4 is 11.2 Å². The molecular weight excluding hydrogens is 356 g/mol. The van der Waals surface area contributed by atoms with E-state index in [4.69, 9.17) is 13.7 Å². The molecule has 0 aromatic carbocycles. The molecule has 0 bridgehead atoms. The van der Waals surface area contributed by atoms with Crippen molar-refractivity contribution in [3.05, 3.63) is 32.6 Å². The number of aliphatic hydroxyl groups is 1. The summed E-state index contributed by atoms with van der Waals surface area (Å²) in [5.41, 5.74) is -1.05. The summed E-state index contributed by atoms with van der Waals surface area (Å²) >= 11 is 0. The smallest absolute Gasteiger partial charge is 0.330 e. The highest BCUT2D eigenvalue weighted by Gasteiger charge is 2.39. The zero-order valence-electron chi connectivity index (χ0n) is 14.2. The fourth-order valence-electron chi connectivity index (χ4n) is 2.46. The summed E-state index contributed by atoms with van der Waals surface area (Å²) in [4.78, 5) is 26.1. The van der Waals surface area contributed by atoms with Gasteiger partial charge < -0.3 is 14.6 Å². The average molecular weight is 378 g/mol. The Hall–Kier alpha value is -1.53. The van der Waals surface area contributed by atoms with E-state index < -0.39 is 46.4 Å². The van der Waals surface area contributed by atoms with Crippen LogP contribution in [0, 0.1) is 0 Å². The van der Waals surface area contributed by atoms with Gasteiger partial charge in [0.05, 0.1) is 31.1 Å². The van der Waals surface area contributed by atoms with Crippen LogP contribution in [0.1, 0.15) is 32.1 Å². The predicted octanol–water partition coefficient (Wildman–Crippen LogP) is -0.914. The van der Waals surface area contributed by atoms with Crippen molar-refractivity contribution in [3.8, 4) is 0 Å². The second kappa shape index (κ2) is 7.79. The number of hydrogen-bond donors (Lipinski definition) is 2. The molecule has 2 heterocycles. The van der Waals surface area contributed by atoms with Gasteiger partial charge in [-0.05, 0) is 13.8 Å². The number of hydrogen-bond acceptors (Lipinski definition) is 8. The molecule has 1 aromatic rings. The summed E-state index contributed by atoms with van der Waals surface area (Å²) in [5.74, 6) is 0. The van der Waals surface area contributed by atoms with Gasteiger partial charge in [-0.25, -0.2) is 4.79 Å². The minimum atomic E-state index is -3.76. The van der Waals surface area contributed by atoms with Crippen LogP contribution in [0.15, 0.2) is 15.8 Å². The molecule has 10 nitrogen and oxygen atoms in total. The molecule has 0 spiro atoms.